The minimum absolute atomic E-state index is 0.118. The Kier molecular flexibility index (Phi) is 3.02. The van der Waals surface area contributed by atoms with Crippen LogP contribution in [-0.4, -0.2) is 4.57 Å². The highest BCUT2D eigenvalue weighted by Crippen LogP contribution is 2.07. The van der Waals surface area contributed by atoms with Crippen molar-refractivity contribution in [3.63, 3.8) is 0 Å². The van der Waals surface area contributed by atoms with Crippen LogP contribution in [0.1, 0.15) is 11.1 Å². The first-order chi connectivity index (χ1) is 7.27. The molecule has 0 saturated heterocycles. The molecular weight excluding hydrogens is 206 g/mol. The van der Waals surface area contributed by atoms with E-state index in [0.717, 1.165) is 18.5 Å². The van der Waals surface area contributed by atoms with Gasteiger partial charge >= 0.3 is 0 Å². The molecule has 0 unspecified atom stereocenters. The van der Waals surface area contributed by atoms with E-state index in [1.54, 1.807) is 15.9 Å². The fourth-order valence-electron chi connectivity index (χ4n) is 1.52. The lowest BCUT2D eigenvalue weighted by Gasteiger charge is -2.04. The Bertz CT molecular complexity index is 485. The summed E-state index contributed by atoms with van der Waals surface area (Å²) in [5, 5.41) is 4.19. The molecule has 0 spiro atoms. The summed E-state index contributed by atoms with van der Waals surface area (Å²) in [5.74, 6) is 0. The van der Waals surface area contributed by atoms with Crippen molar-refractivity contribution in [3.05, 3.63) is 56.6 Å². The van der Waals surface area contributed by atoms with Gasteiger partial charge in [0.05, 0.1) is 0 Å². The highest BCUT2D eigenvalue weighted by atomic mass is 32.1. The molecule has 15 heavy (non-hydrogen) atoms. The first-order valence-corrected chi connectivity index (χ1v) is 5.89. The molecular formula is C12H13NOS. The summed E-state index contributed by atoms with van der Waals surface area (Å²) in [5.41, 5.74) is 2.23. The molecule has 0 bridgehead atoms. The highest BCUT2D eigenvalue weighted by Gasteiger charge is 1.99. The molecule has 0 amide bonds. The van der Waals surface area contributed by atoms with Crippen LogP contribution in [0.15, 0.2) is 40.0 Å². The van der Waals surface area contributed by atoms with Crippen LogP contribution >= 0.6 is 11.3 Å². The van der Waals surface area contributed by atoms with E-state index in [1.807, 2.05) is 25.3 Å². The third-order valence-electron chi connectivity index (χ3n) is 2.43. The van der Waals surface area contributed by atoms with Crippen LogP contribution in [0, 0.1) is 6.92 Å². The smallest absolute Gasteiger partial charge is 0.253 e. The molecule has 0 fully saturated rings. The van der Waals surface area contributed by atoms with Crippen molar-refractivity contribution in [2.75, 3.05) is 0 Å². The van der Waals surface area contributed by atoms with E-state index in [9.17, 15) is 4.79 Å². The van der Waals surface area contributed by atoms with Gasteiger partial charge in [-0.2, -0.15) is 11.3 Å². The molecule has 2 aromatic rings. The molecule has 0 aromatic carbocycles. The summed E-state index contributed by atoms with van der Waals surface area (Å²) in [6.07, 6.45) is 2.77. The van der Waals surface area contributed by atoms with Gasteiger partial charge in [0.25, 0.3) is 5.56 Å². The van der Waals surface area contributed by atoms with Crippen LogP contribution < -0.4 is 5.56 Å². The second-order valence-electron chi connectivity index (χ2n) is 3.57. The minimum atomic E-state index is 0.118. The molecule has 2 aromatic heterocycles. The number of aromatic nitrogens is 1. The zero-order valence-corrected chi connectivity index (χ0v) is 9.46. The Morgan fingerprint density at radius 2 is 2.27 bits per heavy atom. The molecule has 2 rings (SSSR count). The largest absolute Gasteiger partial charge is 0.315 e. The fourth-order valence-corrected chi connectivity index (χ4v) is 2.22. The lowest BCUT2D eigenvalue weighted by atomic mass is 10.2. The van der Waals surface area contributed by atoms with Gasteiger partial charge in [-0.3, -0.25) is 4.79 Å². The van der Waals surface area contributed by atoms with E-state index in [4.69, 9.17) is 0 Å². The van der Waals surface area contributed by atoms with Crippen LogP contribution in [0.25, 0.3) is 0 Å². The van der Waals surface area contributed by atoms with Gasteiger partial charge in [0.2, 0.25) is 0 Å². The molecule has 0 radical (unpaired) electrons. The van der Waals surface area contributed by atoms with E-state index in [0.29, 0.717) is 0 Å². The molecule has 0 saturated carbocycles. The van der Waals surface area contributed by atoms with Gasteiger partial charge in [-0.25, -0.2) is 0 Å². The number of aryl methyl sites for hydroxylation is 3. The van der Waals surface area contributed by atoms with Crippen molar-refractivity contribution in [2.45, 2.75) is 19.9 Å². The monoisotopic (exact) mass is 219 g/mol. The predicted octanol–water partition coefficient (Wildman–Crippen LogP) is 2.46. The summed E-state index contributed by atoms with van der Waals surface area (Å²) in [6, 6.07) is 5.87. The average molecular weight is 219 g/mol. The van der Waals surface area contributed by atoms with Crippen LogP contribution in [-0.2, 0) is 13.0 Å². The average Bonchev–Trinajstić information content (AvgIpc) is 2.73. The van der Waals surface area contributed by atoms with Gasteiger partial charge in [-0.05, 0) is 41.8 Å². The Balaban J connectivity index is 2.12. The number of nitrogens with zero attached hydrogens (tertiary/aromatic N) is 1. The summed E-state index contributed by atoms with van der Waals surface area (Å²) in [6.45, 7) is 2.61. The maximum absolute atomic E-state index is 11.7. The van der Waals surface area contributed by atoms with E-state index in [-0.39, 0.29) is 5.56 Å². The highest BCUT2D eigenvalue weighted by molar-refractivity contribution is 7.07. The molecule has 0 atom stereocenters. The van der Waals surface area contributed by atoms with E-state index < -0.39 is 0 Å². The van der Waals surface area contributed by atoms with Crippen molar-refractivity contribution >= 4 is 11.3 Å². The quantitative estimate of drug-likeness (QED) is 0.777. The van der Waals surface area contributed by atoms with Crippen molar-refractivity contribution in [2.24, 2.45) is 0 Å². The Hall–Kier alpha value is -1.35. The van der Waals surface area contributed by atoms with Crippen LogP contribution in [0.3, 0.4) is 0 Å². The summed E-state index contributed by atoms with van der Waals surface area (Å²) >= 11 is 1.69. The number of hydrogen-bond donors (Lipinski definition) is 0. The molecule has 0 aliphatic rings. The zero-order valence-electron chi connectivity index (χ0n) is 8.64. The summed E-state index contributed by atoms with van der Waals surface area (Å²) < 4.78 is 1.77. The van der Waals surface area contributed by atoms with Gasteiger partial charge in [-0.1, -0.05) is 6.07 Å². The second-order valence-corrected chi connectivity index (χ2v) is 4.35. The maximum Gasteiger partial charge on any atom is 0.253 e. The molecule has 0 aliphatic heterocycles. The van der Waals surface area contributed by atoms with Crippen LogP contribution in [0.5, 0.6) is 0 Å². The van der Waals surface area contributed by atoms with Gasteiger partial charge in [0, 0.05) is 18.3 Å². The molecule has 0 aliphatic carbocycles. The Morgan fingerprint density at radius 3 is 3.00 bits per heavy atom. The van der Waals surface area contributed by atoms with Crippen molar-refractivity contribution in [1.29, 1.82) is 0 Å². The predicted molar refractivity (Wildman–Crippen MR) is 63.5 cm³/mol. The van der Waals surface area contributed by atoms with Crippen LogP contribution in [0.2, 0.25) is 0 Å². The third kappa shape index (κ3) is 2.36. The van der Waals surface area contributed by atoms with Gasteiger partial charge in [0.1, 0.15) is 0 Å². The number of pyridine rings is 1. The summed E-state index contributed by atoms with van der Waals surface area (Å²) in [7, 11) is 0. The molecule has 3 heteroatoms. The molecule has 0 N–H and O–H groups in total. The fraction of sp³-hybridized carbons (Fsp3) is 0.250. The first-order valence-electron chi connectivity index (χ1n) is 4.94. The second kappa shape index (κ2) is 4.45. The first kappa shape index (κ1) is 10.2. The molecule has 78 valence electrons. The van der Waals surface area contributed by atoms with Gasteiger partial charge in [0.15, 0.2) is 0 Å². The standard InChI is InChI=1S/C12H13NOS/c1-10-3-2-6-13(12(10)14)7-4-11-5-8-15-9-11/h2-3,5-6,8-9H,4,7H2,1H3. The third-order valence-corrected chi connectivity index (χ3v) is 3.16. The molecule has 2 nitrogen and oxygen atoms in total. The SMILES string of the molecule is Cc1cccn(CCc2ccsc2)c1=O. The topological polar surface area (TPSA) is 22.0 Å². The number of hydrogen-bond acceptors (Lipinski definition) is 2. The van der Waals surface area contributed by atoms with Crippen LogP contribution in [0.4, 0.5) is 0 Å². The lowest BCUT2D eigenvalue weighted by Crippen LogP contribution is -2.21. The maximum atomic E-state index is 11.7. The minimum Gasteiger partial charge on any atom is -0.315 e. The Morgan fingerprint density at radius 1 is 1.40 bits per heavy atom. The molecule has 2 heterocycles. The number of rotatable bonds is 3. The van der Waals surface area contributed by atoms with E-state index in [2.05, 4.69) is 16.8 Å². The number of thiophene rings is 1. The van der Waals surface area contributed by atoms with Crippen molar-refractivity contribution in [1.82, 2.24) is 4.57 Å². The normalized spacial score (nSPS) is 10.5. The van der Waals surface area contributed by atoms with Crippen molar-refractivity contribution in [3.8, 4) is 0 Å². The lowest BCUT2D eigenvalue weighted by molar-refractivity contribution is 0.666. The summed E-state index contributed by atoms with van der Waals surface area (Å²) in [4.78, 5) is 11.7. The van der Waals surface area contributed by atoms with E-state index in [1.165, 1.54) is 5.56 Å². The van der Waals surface area contributed by atoms with Gasteiger partial charge < -0.3 is 4.57 Å². The van der Waals surface area contributed by atoms with Gasteiger partial charge in [-0.15, -0.1) is 0 Å². The van der Waals surface area contributed by atoms with Crippen molar-refractivity contribution < 1.29 is 0 Å². The van der Waals surface area contributed by atoms with E-state index >= 15 is 0 Å². The zero-order chi connectivity index (χ0) is 10.7. The Labute approximate surface area is 92.8 Å².